The zero-order chi connectivity index (χ0) is 17.1. The van der Waals surface area contributed by atoms with Crippen molar-refractivity contribution in [1.29, 1.82) is 0 Å². The topological polar surface area (TPSA) is 75.3 Å². The van der Waals surface area contributed by atoms with Gasteiger partial charge in [0, 0.05) is 24.2 Å². The average Bonchev–Trinajstić information content (AvgIpc) is 2.96. The van der Waals surface area contributed by atoms with Crippen molar-refractivity contribution in [3.63, 3.8) is 0 Å². The highest BCUT2D eigenvalue weighted by molar-refractivity contribution is 5.92. The Morgan fingerprint density at radius 3 is 2.56 bits per heavy atom. The van der Waals surface area contributed by atoms with Crippen molar-refractivity contribution in [3.05, 3.63) is 36.4 Å². The third kappa shape index (κ3) is 3.55. The fourth-order valence-corrected chi connectivity index (χ4v) is 2.55. The van der Waals surface area contributed by atoms with Crippen LogP contribution in [0.4, 0.5) is 5.69 Å². The van der Waals surface area contributed by atoms with Crippen LogP contribution in [0.2, 0.25) is 0 Å². The normalized spacial score (nSPS) is 14.6. The van der Waals surface area contributed by atoms with Crippen LogP contribution in [0, 0.1) is 0 Å². The lowest BCUT2D eigenvalue weighted by Gasteiger charge is -2.11. The summed E-state index contributed by atoms with van der Waals surface area (Å²) >= 11 is 0. The predicted molar refractivity (Wildman–Crippen MR) is 88.7 cm³/mol. The second kappa shape index (κ2) is 6.80. The molecule has 2 aromatic rings. The Kier molecular flexibility index (Phi) is 4.20. The number of ether oxygens (including phenoxy) is 5. The monoisotopic (exact) mass is 343 g/mol. The van der Waals surface area contributed by atoms with Gasteiger partial charge in [0.25, 0.3) is 5.91 Å². The van der Waals surface area contributed by atoms with E-state index in [4.69, 9.17) is 23.7 Å². The number of carbonyl (C=O) groups excluding carboxylic acids is 1. The van der Waals surface area contributed by atoms with E-state index >= 15 is 0 Å². The van der Waals surface area contributed by atoms with Gasteiger partial charge in [0.15, 0.2) is 29.6 Å². The summed E-state index contributed by atoms with van der Waals surface area (Å²) in [6.07, 6.45) is 0.833. The van der Waals surface area contributed by atoms with E-state index in [1.165, 1.54) is 0 Å². The van der Waals surface area contributed by atoms with Gasteiger partial charge >= 0.3 is 0 Å². The van der Waals surface area contributed by atoms with Gasteiger partial charge < -0.3 is 29.0 Å². The SMILES string of the molecule is O=C(COc1ccc2c(c1)OCO2)Nc1ccc2c(c1)OCCCO2. The second-order valence-corrected chi connectivity index (χ2v) is 5.56. The zero-order valence-corrected chi connectivity index (χ0v) is 13.4. The first-order chi connectivity index (χ1) is 12.3. The van der Waals surface area contributed by atoms with Crippen LogP contribution in [0.5, 0.6) is 28.7 Å². The molecule has 0 unspecified atom stereocenters. The Morgan fingerprint density at radius 2 is 1.64 bits per heavy atom. The van der Waals surface area contributed by atoms with Gasteiger partial charge in [0.2, 0.25) is 6.79 Å². The molecule has 0 radical (unpaired) electrons. The van der Waals surface area contributed by atoms with Gasteiger partial charge in [-0.3, -0.25) is 4.79 Å². The molecule has 2 aliphatic heterocycles. The largest absolute Gasteiger partial charge is 0.490 e. The van der Waals surface area contributed by atoms with Crippen molar-refractivity contribution >= 4 is 11.6 Å². The molecule has 0 atom stereocenters. The molecular formula is C18H17NO6. The number of hydrogen-bond acceptors (Lipinski definition) is 6. The van der Waals surface area contributed by atoms with Crippen molar-refractivity contribution in [1.82, 2.24) is 0 Å². The van der Waals surface area contributed by atoms with Crippen LogP contribution in [-0.2, 0) is 4.79 Å². The summed E-state index contributed by atoms with van der Waals surface area (Å²) in [6, 6.07) is 10.5. The first-order valence-corrected chi connectivity index (χ1v) is 8.00. The van der Waals surface area contributed by atoms with Crippen molar-refractivity contribution in [2.45, 2.75) is 6.42 Å². The number of rotatable bonds is 4. The minimum atomic E-state index is -0.271. The number of anilines is 1. The fraction of sp³-hybridized carbons (Fsp3) is 0.278. The van der Waals surface area contributed by atoms with E-state index in [1.807, 2.05) is 0 Å². The van der Waals surface area contributed by atoms with E-state index in [-0.39, 0.29) is 19.3 Å². The second-order valence-electron chi connectivity index (χ2n) is 5.56. The molecule has 2 heterocycles. The Bertz CT molecular complexity index is 791. The standard InChI is InChI=1S/C18H17NO6/c20-18(10-23-13-3-5-15-17(9-13)25-11-24-15)19-12-2-4-14-16(8-12)22-7-1-6-21-14/h2-5,8-9H,1,6-7,10-11H2,(H,19,20). The summed E-state index contributed by atoms with van der Waals surface area (Å²) in [5.74, 6) is 2.87. The Morgan fingerprint density at radius 1 is 0.920 bits per heavy atom. The van der Waals surface area contributed by atoms with Crippen LogP contribution in [0.1, 0.15) is 6.42 Å². The first-order valence-electron chi connectivity index (χ1n) is 8.00. The van der Waals surface area contributed by atoms with Gasteiger partial charge in [0.1, 0.15) is 5.75 Å². The van der Waals surface area contributed by atoms with Crippen LogP contribution < -0.4 is 29.0 Å². The minimum Gasteiger partial charge on any atom is -0.490 e. The van der Waals surface area contributed by atoms with Crippen molar-refractivity contribution in [3.8, 4) is 28.7 Å². The van der Waals surface area contributed by atoms with E-state index in [0.717, 1.165) is 6.42 Å². The van der Waals surface area contributed by atoms with Crippen LogP contribution in [0.25, 0.3) is 0 Å². The minimum absolute atomic E-state index is 0.117. The van der Waals surface area contributed by atoms with Gasteiger partial charge in [-0.25, -0.2) is 0 Å². The van der Waals surface area contributed by atoms with Crippen LogP contribution in [0.15, 0.2) is 36.4 Å². The van der Waals surface area contributed by atoms with Gasteiger partial charge in [-0.15, -0.1) is 0 Å². The molecule has 0 saturated heterocycles. The van der Waals surface area contributed by atoms with Crippen LogP contribution >= 0.6 is 0 Å². The van der Waals surface area contributed by atoms with Crippen molar-refractivity contribution < 1.29 is 28.5 Å². The molecule has 0 aliphatic carbocycles. The molecule has 0 spiro atoms. The van der Waals surface area contributed by atoms with Crippen LogP contribution in [0.3, 0.4) is 0 Å². The number of fused-ring (bicyclic) bond motifs is 2. The van der Waals surface area contributed by atoms with E-state index in [2.05, 4.69) is 5.32 Å². The summed E-state index contributed by atoms with van der Waals surface area (Å²) in [5, 5.41) is 2.78. The molecule has 0 fully saturated rings. The number of nitrogens with one attached hydrogen (secondary N) is 1. The first kappa shape index (κ1) is 15.4. The number of benzene rings is 2. The molecule has 25 heavy (non-hydrogen) atoms. The average molecular weight is 343 g/mol. The highest BCUT2D eigenvalue weighted by atomic mass is 16.7. The molecule has 2 aliphatic rings. The molecular weight excluding hydrogens is 326 g/mol. The maximum atomic E-state index is 12.1. The molecule has 7 nitrogen and oxygen atoms in total. The fourth-order valence-electron chi connectivity index (χ4n) is 2.55. The summed E-state index contributed by atoms with van der Waals surface area (Å²) in [7, 11) is 0. The molecule has 2 aromatic carbocycles. The highest BCUT2D eigenvalue weighted by Crippen LogP contribution is 2.35. The molecule has 0 aromatic heterocycles. The number of carbonyl (C=O) groups is 1. The van der Waals surface area contributed by atoms with E-state index in [1.54, 1.807) is 36.4 Å². The quantitative estimate of drug-likeness (QED) is 0.920. The highest BCUT2D eigenvalue weighted by Gasteiger charge is 2.15. The maximum absolute atomic E-state index is 12.1. The van der Waals surface area contributed by atoms with E-state index in [9.17, 15) is 4.79 Å². The smallest absolute Gasteiger partial charge is 0.262 e. The lowest BCUT2D eigenvalue weighted by molar-refractivity contribution is -0.118. The Labute approximate surface area is 144 Å². The van der Waals surface area contributed by atoms with Crippen molar-refractivity contribution in [2.75, 3.05) is 31.9 Å². The van der Waals surface area contributed by atoms with Gasteiger partial charge in [-0.2, -0.15) is 0 Å². The summed E-state index contributed by atoms with van der Waals surface area (Å²) in [4.78, 5) is 12.1. The molecule has 1 N–H and O–H groups in total. The summed E-state index contributed by atoms with van der Waals surface area (Å²) < 4.78 is 27.2. The summed E-state index contributed by atoms with van der Waals surface area (Å²) in [5.41, 5.74) is 0.628. The molecule has 130 valence electrons. The summed E-state index contributed by atoms with van der Waals surface area (Å²) in [6.45, 7) is 1.30. The number of hydrogen-bond donors (Lipinski definition) is 1. The van der Waals surface area contributed by atoms with Gasteiger partial charge in [0.05, 0.1) is 13.2 Å². The van der Waals surface area contributed by atoms with E-state index < -0.39 is 0 Å². The van der Waals surface area contributed by atoms with Crippen LogP contribution in [-0.4, -0.2) is 32.5 Å². The predicted octanol–water partition coefficient (Wildman–Crippen LogP) is 2.59. The number of amides is 1. The van der Waals surface area contributed by atoms with Gasteiger partial charge in [-0.05, 0) is 24.3 Å². The molecule has 1 amide bonds. The third-order valence-corrected chi connectivity index (χ3v) is 3.75. The Balaban J connectivity index is 1.35. The molecule has 7 heteroatoms. The molecule has 4 rings (SSSR count). The zero-order valence-electron chi connectivity index (χ0n) is 13.4. The molecule has 0 saturated carbocycles. The lowest BCUT2D eigenvalue weighted by Crippen LogP contribution is -2.20. The molecule has 0 bridgehead atoms. The third-order valence-electron chi connectivity index (χ3n) is 3.75. The van der Waals surface area contributed by atoms with Gasteiger partial charge in [-0.1, -0.05) is 0 Å². The van der Waals surface area contributed by atoms with Crippen molar-refractivity contribution in [2.24, 2.45) is 0 Å². The van der Waals surface area contributed by atoms with E-state index in [0.29, 0.717) is 47.6 Å². The lowest BCUT2D eigenvalue weighted by atomic mass is 10.2. The maximum Gasteiger partial charge on any atom is 0.262 e. The Hall–Kier alpha value is -3.09.